The van der Waals surface area contributed by atoms with Crippen LogP contribution in [0, 0.1) is 0 Å². The topological polar surface area (TPSA) is 51.9 Å². The van der Waals surface area contributed by atoms with Gasteiger partial charge in [0.05, 0.1) is 19.5 Å². The van der Waals surface area contributed by atoms with Crippen molar-refractivity contribution in [3.05, 3.63) is 24.2 Å². The second kappa shape index (κ2) is 7.32. The summed E-state index contributed by atoms with van der Waals surface area (Å²) in [6, 6.07) is 3.26. The summed E-state index contributed by atoms with van der Waals surface area (Å²) in [6.07, 6.45) is 1.46. The van der Waals surface area contributed by atoms with Crippen molar-refractivity contribution in [1.82, 2.24) is 4.90 Å². The van der Waals surface area contributed by atoms with Crippen LogP contribution in [0.3, 0.4) is 0 Å². The Morgan fingerprint density at radius 2 is 2.18 bits per heavy atom. The second-order valence-electron chi connectivity index (χ2n) is 3.57. The Morgan fingerprint density at radius 3 is 2.82 bits per heavy atom. The fraction of sp³-hybridized carbons (Fsp3) is 0.545. The van der Waals surface area contributed by atoms with E-state index in [1.807, 2.05) is 0 Å². The first-order valence-corrected chi connectivity index (χ1v) is 5.37. The highest BCUT2D eigenvalue weighted by Crippen LogP contribution is 2.02. The summed E-state index contributed by atoms with van der Waals surface area (Å²) in [7, 11) is 0. The fourth-order valence-corrected chi connectivity index (χ4v) is 1.56. The van der Waals surface area contributed by atoms with E-state index in [1.54, 1.807) is 12.1 Å². The van der Waals surface area contributed by atoms with Crippen molar-refractivity contribution in [3.8, 4) is 0 Å². The number of nitrogens with zero attached hydrogens (tertiary/aromatic N) is 1. The number of furan rings is 1. The zero-order chi connectivity index (χ0) is 11.2. The van der Waals surface area contributed by atoms with E-state index in [-0.39, 0.29) is 18.2 Å². The van der Waals surface area contributed by atoms with Crippen molar-refractivity contribution in [1.29, 1.82) is 0 Å². The lowest BCUT2D eigenvalue weighted by Gasteiger charge is -2.25. The Morgan fingerprint density at radius 1 is 1.41 bits per heavy atom. The van der Waals surface area contributed by atoms with Gasteiger partial charge in [-0.25, -0.2) is 4.79 Å². The number of carbonyl (C=O) groups excluding carboxylic acids is 1. The summed E-state index contributed by atoms with van der Waals surface area (Å²) >= 11 is 0. The molecule has 0 radical (unpaired) electrons. The van der Waals surface area contributed by atoms with Crippen LogP contribution in [0.4, 0.5) is 0 Å². The summed E-state index contributed by atoms with van der Waals surface area (Å²) in [5.74, 6) is -0.153. The van der Waals surface area contributed by atoms with Crippen LogP contribution in [0.25, 0.3) is 0 Å². The third-order valence-electron chi connectivity index (χ3n) is 2.47. The van der Waals surface area contributed by atoms with E-state index in [2.05, 4.69) is 4.90 Å². The first kappa shape index (κ1) is 14.0. The largest absolute Gasteiger partial charge is 0.458 e. The van der Waals surface area contributed by atoms with Crippen molar-refractivity contribution >= 4 is 18.4 Å². The number of hydrogen-bond donors (Lipinski definition) is 0. The Balaban J connectivity index is 0.00000144. The maximum Gasteiger partial charge on any atom is 0.374 e. The van der Waals surface area contributed by atoms with Gasteiger partial charge in [0.2, 0.25) is 5.76 Å². The molecule has 0 amide bonds. The average molecular weight is 262 g/mol. The molecule has 96 valence electrons. The van der Waals surface area contributed by atoms with Gasteiger partial charge in [0.25, 0.3) is 0 Å². The molecular formula is C11H16ClNO4. The molecular weight excluding hydrogens is 246 g/mol. The molecule has 0 aliphatic carbocycles. The lowest BCUT2D eigenvalue weighted by Crippen LogP contribution is -2.38. The third-order valence-corrected chi connectivity index (χ3v) is 2.47. The van der Waals surface area contributed by atoms with Crippen LogP contribution in [-0.2, 0) is 9.47 Å². The van der Waals surface area contributed by atoms with Crippen LogP contribution in [0.15, 0.2) is 22.8 Å². The zero-order valence-electron chi connectivity index (χ0n) is 9.46. The quantitative estimate of drug-likeness (QED) is 0.762. The third kappa shape index (κ3) is 4.38. The van der Waals surface area contributed by atoms with Gasteiger partial charge in [-0.3, -0.25) is 4.90 Å². The molecule has 6 heteroatoms. The first-order valence-electron chi connectivity index (χ1n) is 5.37. The number of carbonyl (C=O) groups is 1. The van der Waals surface area contributed by atoms with Gasteiger partial charge in [-0.2, -0.15) is 0 Å². The van der Waals surface area contributed by atoms with E-state index in [4.69, 9.17) is 13.9 Å². The molecule has 1 fully saturated rings. The molecule has 0 saturated carbocycles. The highest BCUT2D eigenvalue weighted by atomic mass is 35.5. The van der Waals surface area contributed by atoms with Crippen LogP contribution in [0.1, 0.15) is 10.6 Å². The molecule has 1 aliphatic rings. The lowest BCUT2D eigenvalue weighted by molar-refractivity contribution is 0.0182. The number of rotatable bonds is 4. The first-order chi connectivity index (χ1) is 7.86. The molecule has 1 aliphatic heterocycles. The molecule has 5 nitrogen and oxygen atoms in total. The van der Waals surface area contributed by atoms with Gasteiger partial charge >= 0.3 is 5.97 Å². The van der Waals surface area contributed by atoms with Crippen molar-refractivity contribution in [2.75, 3.05) is 39.5 Å². The standard InChI is InChI=1S/C11H15NO4.ClH/c13-11(10-2-1-6-15-10)16-9-5-12-3-7-14-8-4-12;/h1-2,6H,3-5,7-9H2;1H. The summed E-state index contributed by atoms with van der Waals surface area (Å²) in [5.41, 5.74) is 0. The van der Waals surface area contributed by atoms with Gasteiger partial charge in [0.1, 0.15) is 6.61 Å². The predicted molar refractivity (Wildman–Crippen MR) is 63.5 cm³/mol. The molecule has 2 heterocycles. The van der Waals surface area contributed by atoms with Gasteiger partial charge < -0.3 is 13.9 Å². The van der Waals surface area contributed by atoms with E-state index in [0.717, 1.165) is 32.8 Å². The van der Waals surface area contributed by atoms with Gasteiger partial charge in [0, 0.05) is 19.6 Å². The molecule has 0 aromatic carbocycles. The molecule has 2 rings (SSSR count). The van der Waals surface area contributed by atoms with Gasteiger partial charge in [0.15, 0.2) is 0 Å². The van der Waals surface area contributed by atoms with Crippen molar-refractivity contribution in [2.24, 2.45) is 0 Å². The minimum absolute atomic E-state index is 0. The van der Waals surface area contributed by atoms with Crippen LogP contribution < -0.4 is 0 Å². The molecule has 17 heavy (non-hydrogen) atoms. The molecule has 0 unspecified atom stereocenters. The molecule has 1 aromatic rings. The van der Waals surface area contributed by atoms with E-state index in [9.17, 15) is 4.79 Å². The van der Waals surface area contributed by atoms with Crippen LogP contribution in [0.2, 0.25) is 0 Å². The monoisotopic (exact) mass is 261 g/mol. The molecule has 0 N–H and O–H groups in total. The summed E-state index contributed by atoms with van der Waals surface area (Å²) in [6.45, 7) is 4.45. The Bertz CT molecular complexity index is 322. The highest BCUT2D eigenvalue weighted by Gasteiger charge is 2.13. The number of hydrogen-bond acceptors (Lipinski definition) is 5. The van der Waals surface area contributed by atoms with E-state index < -0.39 is 5.97 Å². The number of esters is 1. The summed E-state index contributed by atoms with van der Waals surface area (Å²) in [4.78, 5) is 13.6. The lowest BCUT2D eigenvalue weighted by atomic mass is 10.4. The van der Waals surface area contributed by atoms with Gasteiger partial charge in [-0.05, 0) is 12.1 Å². The van der Waals surface area contributed by atoms with Gasteiger partial charge in [-0.15, -0.1) is 12.4 Å². The van der Waals surface area contributed by atoms with Crippen molar-refractivity contribution in [3.63, 3.8) is 0 Å². The predicted octanol–water partition coefficient (Wildman–Crippen LogP) is 1.19. The van der Waals surface area contributed by atoms with Crippen LogP contribution >= 0.6 is 12.4 Å². The summed E-state index contributed by atoms with van der Waals surface area (Å²) < 4.78 is 15.2. The maximum atomic E-state index is 11.4. The van der Waals surface area contributed by atoms with E-state index in [0.29, 0.717) is 6.61 Å². The Kier molecular flexibility index (Phi) is 6.04. The Labute approximate surface area is 106 Å². The molecule has 1 saturated heterocycles. The Hall–Kier alpha value is -1.04. The van der Waals surface area contributed by atoms with Gasteiger partial charge in [-0.1, -0.05) is 0 Å². The average Bonchev–Trinajstić information content (AvgIpc) is 2.84. The molecule has 0 atom stereocenters. The number of halogens is 1. The van der Waals surface area contributed by atoms with E-state index in [1.165, 1.54) is 6.26 Å². The number of ether oxygens (including phenoxy) is 2. The SMILES string of the molecule is Cl.O=C(OCCN1CCOCC1)c1ccco1. The molecule has 0 bridgehead atoms. The van der Waals surface area contributed by atoms with E-state index >= 15 is 0 Å². The minimum Gasteiger partial charge on any atom is -0.458 e. The van der Waals surface area contributed by atoms with Crippen molar-refractivity contribution < 1.29 is 18.7 Å². The second-order valence-corrected chi connectivity index (χ2v) is 3.57. The smallest absolute Gasteiger partial charge is 0.374 e. The number of morpholine rings is 1. The van der Waals surface area contributed by atoms with Crippen LogP contribution in [-0.4, -0.2) is 50.3 Å². The van der Waals surface area contributed by atoms with Crippen molar-refractivity contribution in [2.45, 2.75) is 0 Å². The van der Waals surface area contributed by atoms with Crippen LogP contribution in [0.5, 0.6) is 0 Å². The minimum atomic E-state index is -0.404. The normalized spacial score (nSPS) is 16.2. The fourth-order valence-electron chi connectivity index (χ4n) is 1.56. The highest BCUT2D eigenvalue weighted by molar-refractivity contribution is 5.86. The maximum absolute atomic E-state index is 11.4. The molecule has 0 spiro atoms. The summed E-state index contributed by atoms with van der Waals surface area (Å²) in [5, 5.41) is 0. The molecule has 1 aromatic heterocycles. The zero-order valence-corrected chi connectivity index (χ0v) is 10.3.